The number of benzene rings is 2. The molecule has 5 nitrogen and oxygen atoms in total. The van der Waals surface area contributed by atoms with E-state index >= 15 is 0 Å². The van der Waals surface area contributed by atoms with E-state index in [1.807, 2.05) is 24.3 Å². The summed E-state index contributed by atoms with van der Waals surface area (Å²) in [5.41, 5.74) is 7.47. The normalized spacial score (nSPS) is 10.7. The number of hydrogen-bond acceptors (Lipinski definition) is 5. The van der Waals surface area contributed by atoms with Gasteiger partial charge in [0, 0.05) is 22.9 Å². The lowest BCUT2D eigenvalue weighted by atomic mass is 10.1. The zero-order valence-corrected chi connectivity index (χ0v) is 13.4. The lowest BCUT2D eigenvalue weighted by Gasteiger charge is -2.11. The molecule has 0 aliphatic heterocycles. The van der Waals surface area contributed by atoms with Gasteiger partial charge in [-0.1, -0.05) is 29.8 Å². The highest BCUT2D eigenvalue weighted by Gasteiger charge is 2.08. The molecule has 23 heavy (non-hydrogen) atoms. The number of nitrogen functional groups attached to an aromatic ring is 1. The lowest BCUT2D eigenvalue weighted by molar-refractivity contribution is 0.297. The van der Waals surface area contributed by atoms with Crippen LogP contribution in [0.15, 0.2) is 42.5 Å². The van der Waals surface area contributed by atoms with Crippen LogP contribution >= 0.6 is 11.6 Å². The first-order valence-electron chi connectivity index (χ1n) is 7.15. The highest BCUT2D eigenvalue weighted by molar-refractivity contribution is 6.30. The third kappa shape index (κ3) is 3.46. The molecule has 0 fully saturated rings. The van der Waals surface area contributed by atoms with Crippen molar-refractivity contribution in [3.8, 4) is 11.5 Å². The molecule has 0 radical (unpaired) electrons. The van der Waals surface area contributed by atoms with Crippen LogP contribution in [0.2, 0.25) is 5.02 Å². The summed E-state index contributed by atoms with van der Waals surface area (Å²) in [7, 11) is 1.58. The Hall–Kier alpha value is -2.53. The minimum Gasteiger partial charge on any atom is -0.493 e. The Morgan fingerprint density at radius 3 is 2.74 bits per heavy atom. The number of rotatable bonds is 5. The Morgan fingerprint density at radius 1 is 1.09 bits per heavy atom. The summed E-state index contributed by atoms with van der Waals surface area (Å²) in [6.07, 6.45) is 0.610. The largest absolute Gasteiger partial charge is 0.493 e. The van der Waals surface area contributed by atoms with Crippen molar-refractivity contribution in [1.82, 2.24) is 9.97 Å². The number of halogens is 1. The molecule has 3 aromatic rings. The van der Waals surface area contributed by atoms with Gasteiger partial charge in [-0.15, -0.1) is 0 Å². The molecule has 0 aliphatic carbocycles. The SMILES string of the molecule is COc1cc(Cl)ccc1OCCc1nc(N)nc2ccccc12. The average molecular weight is 330 g/mol. The van der Waals surface area contributed by atoms with Crippen molar-refractivity contribution in [2.24, 2.45) is 0 Å². The quantitative estimate of drug-likeness (QED) is 0.775. The summed E-state index contributed by atoms with van der Waals surface area (Å²) in [6, 6.07) is 13.0. The zero-order chi connectivity index (χ0) is 16.2. The number of aromatic nitrogens is 2. The summed E-state index contributed by atoms with van der Waals surface area (Å²) >= 11 is 5.94. The fraction of sp³-hybridized carbons (Fsp3) is 0.176. The molecule has 0 amide bonds. The predicted molar refractivity (Wildman–Crippen MR) is 91.2 cm³/mol. The third-order valence-electron chi connectivity index (χ3n) is 3.42. The lowest BCUT2D eigenvalue weighted by Crippen LogP contribution is -2.07. The Bertz CT molecular complexity index is 839. The second-order valence-corrected chi connectivity index (χ2v) is 5.38. The van der Waals surface area contributed by atoms with Gasteiger partial charge in [-0.25, -0.2) is 9.97 Å². The Labute approximate surface area is 139 Å². The van der Waals surface area contributed by atoms with Gasteiger partial charge in [0.05, 0.1) is 24.9 Å². The van der Waals surface area contributed by atoms with E-state index < -0.39 is 0 Å². The topological polar surface area (TPSA) is 70.3 Å². The van der Waals surface area contributed by atoms with E-state index in [0.29, 0.717) is 29.5 Å². The van der Waals surface area contributed by atoms with Crippen LogP contribution < -0.4 is 15.2 Å². The highest BCUT2D eigenvalue weighted by Crippen LogP contribution is 2.30. The van der Waals surface area contributed by atoms with E-state index in [1.54, 1.807) is 25.3 Å². The Balaban J connectivity index is 1.77. The van der Waals surface area contributed by atoms with E-state index in [9.17, 15) is 0 Å². The number of methoxy groups -OCH3 is 1. The van der Waals surface area contributed by atoms with Crippen molar-refractivity contribution in [2.45, 2.75) is 6.42 Å². The van der Waals surface area contributed by atoms with E-state index in [2.05, 4.69) is 9.97 Å². The summed E-state index contributed by atoms with van der Waals surface area (Å²) in [5, 5.41) is 1.58. The van der Waals surface area contributed by atoms with Crippen LogP contribution in [0, 0.1) is 0 Å². The van der Waals surface area contributed by atoms with Gasteiger partial charge in [0.2, 0.25) is 5.95 Å². The zero-order valence-electron chi connectivity index (χ0n) is 12.6. The molecule has 118 valence electrons. The number of ether oxygens (including phenoxy) is 2. The number of anilines is 1. The molecule has 0 saturated heterocycles. The fourth-order valence-electron chi connectivity index (χ4n) is 2.37. The summed E-state index contributed by atoms with van der Waals surface area (Å²) in [5.74, 6) is 1.51. The molecule has 3 rings (SSSR count). The summed E-state index contributed by atoms with van der Waals surface area (Å²) < 4.78 is 11.1. The van der Waals surface area contributed by atoms with E-state index in [4.69, 9.17) is 26.8 Å². The van der Waals surface area contributed by atoms with Crippen LogP contribution in [0.1, 0.15) is 5.69 Å². The standard InChI is InChI=1S/C17H16ClN3O2/c1-22-16-10-11(18)6-7-15(16)23-9-8-14-12-4-2-3-5-13(12)20-17(19)21-14/h2-7,10H,8-9H2,1H3,(H2,19,20,21). The van der Waals surface area contributed by atoms with Gasteiger partial charge < -0.3 is 15.2 Å². The first kappa shape index (κ1) is 15.4. The van der Waals surface area contributed by atoms with E-state index in [1.165, 1.54) is 0 Å². The van der Waals surface area contributed by atoms with Crippen LogP contribution in [-0.2, 0) is 6.42 Å². The third-order valence-corrected chi connectivity index (χ3v) is 3.66. The monoisotopic (exact) mass is 329 g/mol. The van der Waals surface area contributed by atoms with Crippen molar-refractivity contribution in [1.29, 1.82) is 0 Å². The molecule has 6 heteroatoms. The van der Waals surface area contributed by atoms with Gasteiger partial charge in [-0.3, -0.25) is 0 Å². The number of nitrogens with zero attached hydrogens (tertiary/aromatic N) is 2. The number of nitrogens with two attached hydrogens (primary N) is 1. The van der Waals surface area contributed by atoms with Crippen molar-refractivity contribution in [2.75, 3.05) is 19.5 Å². The first-order chi connectivity index (χ1) is 11.2. The maximum Gasteiger partial charge on any atom is 0.220 e. The van der Waals surface area contributed by atoms with Gasteiger partial charge >= 0.3 is 0 Å². The molecule has 0 atom stereocenters. The van der Waals surface area contributed by atoms with Gasteiger partial charge in [0.1, 0.15) is 0 Å². The second-order valence-electron chi connectivity index (χ2n) is 4.94. The van der Waals surface area contributed by atoms with Gasteiger partial charge in [-0.2, -0.15) is 0 Å². The molecular formula is C17H16ClN3O2. The molecule has 0 aliphatic rings. The van der Waals surface area contributed by atoms with Crippen molar-refractivity contribution < 1.29 is 9.47 Å². The fourth-order valence-corrected chi connectivity index (χ4v) is 2.53. The molecule has 1 heterocycles. The molecule has 0 saturated carbocycles. The smallest absolute Gasteiger partial charge is 0.220 e. The maximum atomic E-state index is 5.94. The van der Waals surface area contributed by atoms with Crippen molar-refractivity contribution in [3.05, 3.63) is 53.2 Å². The Morgan fingerprint density at radius 2 is 1.91 bits per heavy atom. The highest BCUT2D eigenvalue weighted by atomic mass is 35.5. The maximum absolute atomic E-state index is 5.94. The molecule has 0 spiro atoms. The molecule has 1 aromatic heterocycles. The average Bonchev–Trinajstić information content (AvgIpc) is 2.55. The first-order valence-corrected chi connectivity index (χ1v) is 7.52. The van der Waals surface area contributed by atoms with Crippen molar-refractivity contribution in [3.63, 3.8) is 0 Å². The minimum absolute atomic E-state index is 0.266. The molecule has 2 aromatic carbocycles. The number of para-hydroxylation sites is 1. The van der Waals surface area contributed by atoms with E-state index in [-0.39, 0.29) is 5.95 Å². The van der Waals surface area contributed by atoms with Crippen LogP contribution in [0.25, 0.3) is 10.9 Å². The van der Waals surface area contributed by atoms with Crippen LogP contribution in [0.4, 0.5) is 5.95 Å². The van der Waals surface area contributed by atoms with Gasteiger partial charge in [0.15, 0.2) is 11.5 Å². The minimum atomic E-state index is 0.266. The number of fused-ring (bicyclic) bond motifs is 1. The van der Waals surface area contributed by atoms with Crippen LogP contribution in [0.5, 0.6) is 11.5 Å². The molecule has 2 N–H and O–H groups in total. The van der Waals surface area contributed by atoms with Gasteiger partial charge in [-0.05, 0) is 18.2 Å². The van der Waals surface area contributed by atoms with Gasteiger partial charge in [0.25, 0.3) is 0 Å². The predicted octanol–water partition coefficient (Wildman–Crippen LogP) is 3.50. The number of hydrogen-bond donors (Lipinski definition) is 1. The second kappa shape index (κ2) is 6.71. The van der Waals surface area contributed by atoms with E-state index in [0.717, 1.165) is 16.6 Å². The summed E-state index contributed by atoms with van der Waals surface area (Å²) in [6.45, 7) is 0.443. The van der Waals surface area contributed by atoms with Crippen molar-refractivity contribution >= 4 is 28.5 Å². The Kier molecular flexibility index (Phi) is 4.48. The van der Waals surface area contributed by atoms with Crippen LogP contribution in [0.3, 0.4) is 0 Å². The van der Waals surface area contributed by atoms with Crippen LogP contribution in [-0.4, -0.2) is 23.7 Å². The molecular weight excluding hydrogens is 314 g/mol. The molecule has 0 unspecified atom stereocenters. The molecule has 0 bridgehead atoms. The summed E-state index contributed by atoms with van der Waals surface area (Å²) in [4.78, 5) is 8.55.